The summed E-state index contributed by atoms with van der Waals surface area (Å²) in [6.07, 6.45) is 0. The van der Waals surface area contributed by atoms with Crippen LogP contribution in [-0.4, -0.2) is 22.2 Å². The van der Waals surface area contributed by atoms with Crippen molar-refractivity contribution in [2.75, 3.05) is 5.75 Å². The Morgan fingerprint density at radius 3 is 2.53 bits per heavy atom. The number of carbonyl (C=O) groups is 2. The molecular formula is C23H18BrN3O4S. The first kappa shape index (κ1) is 23.4. The third kappa shape index (κ3) is 4.98. The number of Topliss-reactive ketones (excluding diaryl/α,β-unsaturated/α-hetero) is 2. The molecule has 0 radical (unpaired) electrons. The highest BCUT2D eigenvalue weighted by Gasteiger charge is 2.34. The number of nitrogens with zero attached hydrogens (tertiary/aromatic N) is 2. The van der Waals surface area contributed by atoms with Gasteiger partial charge in [-0.1, -0.05) is 52.0 Å². The van der Waals surface area contributed by atoms with Crippen molar-refractivity contribution in [3.8, 4) is 6.07 Å². The Hall–Kier alpha value is -3.22. The predicted octanol–water partition coefficient (Wildman–Crippen LogP) is 5.26. The summed E-state index contributed by atoms with van der Waals surface area (Å²) in [4.78, 5) is 35.8. The van der Waals surface area contributed by atoms with Crippen molar-refractivity contribution in [1.82, 2.24) is 5.32 Å². The highest BCUT2D eigenvalue weighted by molar-refractivity contribution is 9.10. The zero-order valence-electron chi connectivity index (χ0n) is 17.2. The van der Waals surface area contributed by atoms with E-state index < -0.39 is 10.8 Å². The maximum absolute atomic E-state index is 12.6. The van der Waals surface area contributed by atoms with Crippen LogP contribution in [0.2, 0.25) is 0 Å². The van der Waals surface area contributed by atoms with Gasteiger partial charge in [0.1, 0.15) is 0 Å². The molecule has 7 nitrogen and oxygen atoms in total. The Labute approximate surface area is 197 Å². The van der Waals surface area contributed by atoms with Crippen LogP contribution in [0.1, 0.15) is 35.7 Å². The first-order valence-electron chi connectivity index (χ1n) is 9.51. The molecule has 0 spiro atoms. The molecule has 1 aliphatic heterocycles. The van der Waals surface area contributed by atoms with Crippen LogP contribution in [0.3, 0.4) is 0 Å². The third-order valence-corrected chi connectivity index (χ3v) is 6.50. The molecule has 0 fully saturated rings. The fraction of sp³-hybridized carbons (Fsp3) is 0.174. The molecule has 1 aliphatic rings. The maximum atomic E-state index is 12.6. The summed E-state index contributed by atoms with van der Waals surface area (Å²) in [6, 6.07) is 15.1. The predicted molar refractivity (Wildman–Crippen MR) is 126 cm³/mol. The number of dihydropyridines is 1. The van der Waals surface area contributed by atoms with E-state index in [4.69, 9.17) is 0 Å². The Morgan fingerprint density at radius 2 is 1.94 bits per heavy atom. The van der Waals surface area contributed by atoms with E-state index in [9.17, 15) is 25.0 Å². The number of carbonyl (C=O) groups excluding carboxylic acids is 2. The van der Waals surface area contributed by atoms with Gasteiger partial charge in [-0.2, -0.15) is 5.26 Å². The molecule has 162 valence electrons. The molecule has 0 bridgehead atoms. The van der Waals surface area contributed by atoms with Gasteiger partial charge in [0.05, 0.1) is 33.3 Å². The Kier molecular flexibility index (Phi) is 7.28. The maximum Gasteiger partial charge on any atom is 0.269 e. The highest BCUT2D eigenvalue weighted by Crippen LogP contribution is 2.41. The number of hydrogen-bond donors (Lipinski definition) is 1. The van der Waals surface area contributed by atoms with Gasteiger partial charge in [-0.05, 0) is 31.5 Å². The average Bonchev–Trinajstić information content (AvgIpc) is 2.77. The number of nitriles is 1. The Balaban J connectivity index is 1.99. The van der Waals surface area contributed by atoms with Gasteiger partial charge in [0.2, 0.25) is 0 Å². The molecule has 1 heterocycles. The number of nitro benzene ring substituents is 1. The van der Waals surface area contributed by atoms with E-state index in [-0.39, 0.29) is 28.6 Å². The van der Waals surface area contributed by atoms with E-state index in [0.29, 0.717) is 27.4 Å². The highest BCUT2D eigenvalue weighted by atomic mass is 79.9. The van der Waals surface area contributed by atoms with Crippen molar-refractivity contribution in [2.45, 2.75) is 19.8 Å². The van der Waals surface area contributed by atoms with Gasteiger partial charge in [-0.15, -0.1) is 0 Å². The normalized spacial score (nSPS) is 15.8. The Morgan fingerprint density at radius 1 is 1.25 bits per heavy atom. The summed E-state index contributed by atoms with van der Waals surface area (Å²) in [6.45, 7) is 3.11. The second-order valence-electron chi connectivity index (χ2n) is 7.08. The van der Waals surface area contributed by atoms with Crippen LogP contribution in [0.15, 0.2) is 74.9 Å². The summed E-state index contributed by atoms with van der Waals surface area (Å²) in [7, 11) is 0. The third-order valence-electron chi connectivity index (χ3n) is 4.95. The summed E-state index contributed by atoms with van der Waals surface area (Å²) >= 11 is 4.50. The molecule has 0 saturated carbocycles. The van der Waals surface area contributed by atoms with Gasteiger partial charge in [-0.3, -0.25) is 19.7 Å². The lowest BCUT2D eigenvalue weighted by atomic mass is 9.81. The van der Waals surface area contributed by atoms with Crippen molar-refractivity contribution in [1.29, 1.82) is 5.26 Å². The summed E-state index contributed by atoms with van der Waals surface area (Å²) in [5.41, 5.74) is 2.05. The van der Waals surface area contributed by atoms with Crippen LogP contribution in [-0.2, 0) is 4.79 Å². The smallest absolute Gasteiger partial charge is 0.269 e. The zero-order valence-corrected chi connectivity index (χ0v) is 19.6. The van der Waals surface area contributed by atoms with E-state index in [1.165, 1.54) is 36.9 Å². The molecule has 1 atom stereocenters. The van der Waals surface area contributed by atoms with Crippen molar-refractivity contribution >= 4 is 44.9 Å². The number of non-ortho nitro benzene ring substituents is 1. The molecule has 2 aromatic rings. The standard InChI is InChI=1S/C23H18BrN3O4S/c1-13-21(14(2)28)22(16-4-3-5-18(10-16)27(30)31)19(11-25)23(26-13)32-12-20(29)15-6-8-17(24)9-7-15/h3-10,22,26H,12H2,1-2H3. The largest absolute Gasteiger partial charge is 0.353 e. The molecule has 0 amide bonds. The van der Waals surface area contributed by atoms with E-state index in [1.54, 1.807) is 37.3 Å². The van der Waals surface area contributed by atoms with Gasteiger partial charge >= 0.3 is 0 Å². The van der Waals surface area contributed by atoms with Crippen LogP contribution in [0.4, 0.5) is 5.69 Å². The molecule has 1 unspecified atom stereocenters. The van der Waals surface area contributed by atoms with E-state index in [1.807, 2.05) is 0 Å². The van der Waals surface area contributed by atoms with E-state index in [2.05, 4.69) is 27.3 Å². The number of rotatable bonds is 7. The summed E-state index contributed by atoms with van der Waals surface area (Å²) < 4.78 is 0.863. The van der Waals surface area contributed by atoms with Gasteiger partial charge in [0, 0.05) is 33.4 Å². The molecule has 1 N–H and O–H groups in total. The lowest BCUT2D eigenvalue weighted by Crippen LogP contribution is -2.27. The van der Waals surface area contributed by atoms with Crippen molar-refractivity contribution < 1.29 is 14.5 Å². The fourth-order valence-electron chi connectivity index (χ4n) is 3.50. The van der Waals surface area contributed by atoms with E-state index >= 15 is 0 Å². The van der Waals surface area contributed by atoms with Crippen molar-refractivity contribution in [3.05, 3.63) is 96.1 Å². The number of nitro groups is 1. The Bertz CT molecular complexity index is 1210. The van der Waals surface area contributed by atoms with Crippen molar-refractivity contribution in [3.63, 3.8) is 0 Å². The van der Waals surface area contributed by atoms with Gasteiger partial charge < -0.3 is 5.32 Å². The lowest BCUT2D eigenvalue weighted by Gasteiger charge is -2.29. The van der Waals surface area contributed by atoms with Gasteiger partial charge in [0.15, 0.2) is 11.6 Å². The quantitative estimate of drug-likeness (QED) is 0.306. The first-order chi connectivity index (χ1) is 15.2. The molecular weight excluding hydrogens is 494 g/mol. The minimum absolute atomic E-state index is 0.0828. The summed E-state index contributed by atoms with van der Waals surface area (Å²) in [5, 5.41) is 24.8. The number of allylic oxidation sites excluding steroid dienone is 3. The number of hydrogen-bond acceptors (Lipinski definition) is 7. The fourth-order valence-corrected chi connectivity index (χ4v) is 4.75. The second kappa shape index (κ2) is 9.94. The summed E-state index contributed by atoms with van der Waals surface area (Å²) in [5.74, 6) is -1.03. The van der Waals surface area contributed by atoms with Crippen LogP contribution < -0.4 is 5.32 Å². The molecule has 2 aromatic carbocycles. The molecule has 0 saturated heterocycles. The SMILES string of the molecule is CC(=O)C1=C(C)NC(SCC(=O)c2ccc(Br)cc2)=C(C#N)C1c1cccc([N+](=O)[O-])c1. The first-order valence-corrected chi connectivity index (χ1v) is 11.3. The minimum atomic E-state index is -0.760. The number of nitrogens with one attached hydrogen (secondary N) is 1. The molecule has 32 heavy (non-hydrogen) atoms. The molecule has 0 aromatic heterocycles. The van der Waals surface area contributed by atoms with Gasteiger partial charge in [-0.25, -0.2) is 0 Å². The molecule has 0 aliphatic carbocycles. The van der Waals surface area contributed by atoms with Crippen LogP contribution in [0.5, 0.6) is 0 Å². The van der Waals surface area contributed by atoms with Crippen molar-refractivity contribution in [2.24, 2.45) is 0 Å². The molecule has 9 heteroatoms. The average molecular weight is 512 g/mol. The minimum Gasteiger partial charge on any atom is -0.353 e. The van der Waals surface area contributed by atoms with Crippen LogP contribution in [0.25, 0.3) is 0 Å². The lowest BCUT2D eigenvalue weighted by molar-refractivity contribution is -0.384. The number of benzene rings is 2. The topological polar surface area (TPSA) is 113 Å². The second-order valence-corrected chi connectivity index (χ2v) is 8.98. The van der Waals surface area contributed by atoms with E-state index in [0.717, 1.165) is 4.47 Å². The number of halogens is 1. The van der Waals surface area contributed by atoms with Crippen LogP contribution >= 0.6 is 27.7 Å². The molecule has 3 rings (SSSR count). The zero-order chi connectivity index (χ0) is 23.4. The number of ketones is 2. The van der Waals surface area contributed by atoms with Crippen LogP contribution in [0, 0.1) is 21.4 Å². The number of thioether (sulfide) groups is 1. The van der Waals surface area contributed by atoms with Gasteiger partial charge in [0.25, 0.3) is 5.69 Å². The monoisotopic (exact) mass is 511 g/mol.